The first kappa shape index (κ1) is 18.1. The Labute approximate surface area is 166 Å². The molecule has 0 spiro atoms. The van der Waals surface area contributed by atoms with E-state index < -0.39 is 0 Å². The van der Waals surface area contributed by atoms with Crippen LogP contribution in [0.1, 0.15) is 16.0 Å². The quantitative estimate of drug-likeness (QED) is 0.489. The molecule has 4 rings (SSSR count). The van der Waals surface area contributed by atoms with Crippen LogP contribution in [-0.4, -0.2) is 10.1 Å². The van der Waals surface area contributed by atoms with Gasteiger partial charge in [0.2, 0.25) is 5.88 Å². The largest absolute Gasteiger partial charge is 0.494 e. The lowest BCUT2D eigenvalue weighted by Crippen LogP contribution is -1.96. The molecule has 0 unspecified atom stereocenters. The summed E-state index contributed by atoms with van der Waals surface area (Å²) in [6.07, 6.45) is 0.509. The topological polar surface area (TPSA) is 62.3 Å². The maximum atomic E-state index is 11.3. The van der Waals surface area contributed by atoms with E-state index in [1.54, 1.807) is 0 Å². The van der Waals surface area contributed by atoms with E-state index in [9.17, 15) is 9.90 Å². The van der Waals surface area contributed by atoms with Gasteiger partial charge in [0.15, 0.2) is 0 Å². The first-order valence-electron chi connectivity index (χ1n) is 8.94. The number of aromatic amines is 1. The first-order chi connectivity index (χ1) is 13.7. The van der Waals surface area contributed by atoms with Crippen molar-refractivity contribution in [3.05, 3.63) is 105 Å². The fraction of sp³-hybridized carbons (Fsp3) is 0.0870. The van der Waals surface area contributed by atoms with Gasteiger partial charge in [-0.1, -0.05) is 72.0 Å². The van der Waals surface area contributed by atoms with Crippen LogP contribution >= 0.6 is 11.3 Å². The number of H-pyrrole nitrogens is 1. The smallest absolute Gasteiger partial charge is 0.307 e. The van der Waals surface area contributed by atoms with Gasteiger partial charge in [-0.15, -0.1) is 0 Å². The van der Waals surface area contributed by atoms with Crippen molar-refractivity contribution in [2.75, 3.05) is 0 Å². The number of thiazole rings is 1. The number of aromatic hydroxyl groups is 1. The van der Waals surface area contributed by atoms with E-state index in [1.165, 1.54) is 11.1 Å². The summed E-state index contributed by atoms with van der Waals surface area (Å²) in [6.45, 7) is 0.486. The van der Waals surface area contributed by atoms with Gasteiger partial charge in [0, 0.05) is 6.42 Å². The Hall–Kier alpha value is -3.31. The molecule has 4 aromatic rings. The summed E-state index contributed by atoms with van der Waals surface area (Å²) in [5.41, 5.74) is 4.46. The minimum atomic E-state index is -0.245. The van der Waals surface area contributed by atoms with Crippen molar-refractivity contribution in [1.29, 1.82) is 0 Å². The van der Waals surface area contributed by atoms with Gasteiger partial charge in [-0.05, 0) is 40.5 Å². The van der Waals surface area contributed by atoms with Crippen LogP contribution in [0.3, 0.4) is 0 Å². The second-order valence-corrected chi connectivity index (χ2v) is 7.53. The Balaban J connectivity index is 1.40. The molecular weight excluding hydrogens is 370 g/mol. The molecule has 0 aliphatic heterocycles. The molecule has 0 amide bonds. The van der Waals surface area contributed by atoms with Gasteiger partial charge in [-0.3, -0.25) is 9.78 Å². The predicted molar refractivity (Wildman–Crippen MR) is 112 cm³/mol. The molecule has 0 bridgehead atoms. The summed E-state index contributed by atoms with van der Waals surface area (Å²) in [4.78, 5) is 14.1. The zero-order valence-corrected chi connectivity index (χ0v) is 15.9. The number of benzene rings is 3. The Morgan fingerprint density at radius 2 is 1.61 bits per heavy atom. The summed E-state index contributed by atoms with van der Waals surface area (Å²) in [6, 6.07) is 26.3. The number of hydrogen-bond donors (Lipinski definition) is 2. The van der Waals surface area contributed by atoms with E-state index in [1.807, 2.05) is 48.5 Å². The molecule has 140 valence electrons. The molecule has 28 heavy (non-hydrogen) atoms. The second kappa shape index (κ2) is 8.15. The minimum absolute atomic E-state index is 0.0476. The maximum absolute atomic E-state index is 11.3. The van der Waals surface area contributed by atoms with E-state index in [0.29, 0.717) is 17.9 Å². The van der Waals surface area contributed by atoms with Crippen LogP contribution in [-0.2, 0) is 13.0 Å². The van der Waals surface area contributed by atoms with Crippen LogP contribution < -0.4 is 9.61 Å². The normalized spacial score (nSPS) is 10.7. The van der Waals surface area contributed by atoms with Crippen molar-refractivity contribution in [3.8, 4) is 22.8 Å². The van der Waals surface area contributed by atoms with Crippen LogP contribution in [0.4, 0.5) is 0 Å². The van der Waals surface area contributed by atoms with Crippen molar-refractivity contribution in [2.45, 2.75) is 13.0 Å². The lowest BCUT2D eigenvalue weighted by atomic mass is 10.0. The average molecular weight is 389 g/mol. The van der Waals surface area contributed by atoms with Crippen LogP contribution in [0.5, 0.6) is 11.6 Å². The minimum Gasteiger partial charge on any atom is -0.494 e. The van der Waals surface area contributed by atoms with Crippen molar-refractivity contribution in [1.82, 2.24) is 4.98 Å². The highest BCUT2D eigenvalue weighted by molar-refractivity contribution is 7.09. The van der Waals surface area contributed by atoms with E-state index in [0.717, 1.165) is 28.2 Å². The van der Waals surface area contributed by atoms with Gasteiger partial charge in [-0.25, -0.2) is 0 Å². The average Bonchev–Trinajstić information content (AvgIpc) is 3.05. The highest BCUT2D eigenvalue weighted by atomic mass is 32.1. The zero-order chi connectivity index (χ0) is 19.3. The Kier molecular flexibility index (Phi) is 5.26. The fourth-order valence-electron chi connectivity index (χ4n) is 3.00. The number of rotatable bonds is 6. The monoisotopic (exact) mass is 389 g/mol. The predicted octanol–water partition coefficient (Wildman–Crippen LogP) is 4.98. The van der Waals surface area contributed by atoms with Crippen molar-refractivity contribution < 1.29 is 9.84 Å². The van der Waals surface area contributed by atoms with Crippen LogP contribution in [0.2, 0.25) is 0 Å². The molecule has 0 radical (unpaired) electrons. The van der Waals surface area contributed by atoms with E-state index >= 15 is 0 Å². The molecule has 5 heteroatoms. The molecule has 0 saturated heterocycles. The van der Waals surface area contributed by atoms with Crippen molar-refractivity contribution in [2.24, 2.45) is 0 Å². The third-order valence-electron chi connectivity index (χ3n) is 4.43. The third kappa shape index (κ3) is 4.32. The lowest BCUT2D eigenvalue weighted by Gasteiger charge is -2.09. The van der Waals surface area contributed by atoms with Gasteiger partial charge in [-0.2, -0.15) is 0 Å². The Bertz CT molecular complexity index is 1110. The van der Waals surface area contributed by atoms with Gasteiger partial charge >= 0.3 is 4.87 Å². The summed E-state index contributed by atoms with van der Waals surface area (Å²) in [7, 11) is 0. The van der Waals surface area contributed by atoms with Crippen molar-refractivity contribution >= 4 is 11.3 Å². The van der Waals surface area contributed by atoms with E-state index in [-0.39, 0.29) is 10.8 Å². The third-order valence-corrected chi connectivity index (χ3v) is 5.30. The second-order valence-electron chi connectivity index (χ2n) is 6.46. The highest BCUT2D eigenvalue weighted by Crippen LogP contribution is 2.23. The molecule has 0 fully saturated rings. The maximum Gasteiger partial charge on any atom is 0.307 e. The van der Waals surface area contributed by atoms with E-state index in [4.69, 9.17) is 4.74 Å². The van der Waals surface area contributed by atoms with Gasteiger partial charge in [0.1, 0.15) is 12.4 Å². The summed E-state index contributed by atoms with van der Waals surface area (Å²) in [5.74, 6) is 0.731. The molecule has 0 aliphatic carbocycles. The van der Waals surface area contributed by atoms with Gasteiger partial charge in [0.05, 0.1) is 4.88 Å². The molecular formula is C23H19NO3S. The Morgan fingerprint density at radius 1 is 0.857 bits per heavy atom. The van der Waals surface area contributed by atoms with Gasteiger partial charge in [0.25, 0.3) is 0 Å². The molecule has 0 saturated carbocycles. The number of aromatic nitrogens is 1. The molecule has 0 aliphatic rings. The van der Waals surface area contributed by atoms with Crippen molar-refractivity contribution in [3.63, 3.8) is 0 Å². The number of hydrogen-bond acceptors (Lipinski definition) is 4. The highest BCUT2D eigenvalue weighted by Gasteiger charge is 2.08. The Morgan fingerprint density at radius 3 is 2.32 bits per heavy atom. The molecule has 4 nitrogen and oxygen atoms in total. The molecule has 0 atom stereocenters. The molecule has 3 aromatic carbocycles. The summed E-state index contributed by atoms with van der Waals surface area (Å²) >= 11 is 1.03. The SMILES string of the molecule is O=c1[nH]c(O)c(Cc2ccc(OCc3cccc(-c4ccccc4)c3)cc2)s1. The van der Waals surface area contributed by atoms with Crippen LogP contribution in [0.25, 0.3) is 11.1 Å². The fourth-order valence-corrected chi connectivity index (χ4v) is 3.76. The standard InChI is InChI=1S/C23H19NO3S/c25-22-21(28-23(26)24-22)14-16-9-11-20(12-10-16)27-15-17-5-4-8-19(13-17)18-6-2-1-3-7-18/h1-13,25H,14-15H2,(H,24,26). The lowest BCUT2D eigenvalue weighted by molar-refractivity contribution is 0.306. The van der Waals surface area contributed by atoms with E-state index in [2.05, 4.69) is 35.3 Å². The summed E-state index contributed by atoms with van der Waals surface area (Å²) in [5, 5.41) is 9.69. The first-order valence-corrected chi connectivity index (χ1v) is 9.76. The van der Waals surface area contributed by atoms with Crippen LogP contribution in [0, 0.1) is 0 Å². The summed E-state index contributed by atoms with van der Waals surface area (Å²) < 4.78 is 5.91. The molecule has 1 heterocycles. The number of nitrogens with one attached hydrogen (secondary N) is 1. The molecule has 2 N–H and O–H groups in total. The van der Waals surface area contributed by atoms with Gasteiger partial charge < -0.3 is 9.84 Å². The van der Waals surface area contributed by atoms with Crippen LogP contribution in [0.15, 0.2) is 83.7 Å². The number of ether oxygens (including phenoxy) is 1. The molecule has 1 aromatic heterocycles. The zero-order valence-electron chi connectivity index (χ0n) is 15.1.